The van der Waals surface area contributed by atoms with Crippen molar-refractivity contribution in [2.45, 2.75) is 6.17 Å². The molecule has 0 aliphatic carbocycles. The average molecular weight is 131 g/mol. The highest BCUT2D eigenvalue weighted by molar-refractivity contribution is 7.80. The van der Waals surface area contributed by atoms with Crippen LogP contribution in [-0.2, 0) is 4.79 Å². The smallest absolute Gasteiger partial charge is 0.263 e. The molecule has 5 heteroatoms. The van der Waals surface area contributed by atoms with Gasteiger partial charge in [-0.05, 0) is 12.2 Å². The topological polar surface area (TPSA) is 67.2 Å². The van der Waals surface area contributed by atoms with Crippen molar-refractivity contribution in [2.24, 2.45) is 5.73 Å². The Morgan fingerprint density at radius 3 is 2.50 bits per heavy atom. The van der Waals surface area contributed by atoms with E-state index in [2.05, 4.69) is 22.9 Å². The number of nitrogens with two attached hydrogens (primary N) is 1. The van der Waals surface area contributed by atoms with Crippen molar-refractivity contribution in [2.75, 3.05) is 0 Å². The Balaban J connectivity index is 2.64. The van der Waals surface area contributed by atoms with E-state index in [1.54, 1.807) is 0 Å². The molecule has 8 heavy (non-hydrogen) atoms. The quantitative estimate of drug-likeness (QED) is 0.342. The molecule has 4 nitrogen and oxygen atoms in total. The van der Waals surface area contributed by atoms with Crippen LogP contribution in [0.4, 0.5) is 0 Å². The Bertz CT molecular complexity index is 145. The lowest BCUT2D eigenvalue weighted by Crippen LogP contribution is -2.37. The van der Waals surface area contributed by atoms with Crippen LogP contribution in [-0.4, -0.2) is 17.2 Å². The van der Waals surface area contributed by atoms with Crippen LogP contribution in [0.5, 0.6) is 0 Å². The molecule has 4 N–H and O–H groups in total. The molecule has 1 unspecified atom stereocenters. The largest absolute Gasteiger partial charge is 0.339 e. The fourth-order valence-electron chi connectivity index (χ4n) is 0.433. The molecule has 44 valence electrons. The van der Waals surface area contributed by atoms with Gasteiger partial charge in [0.25, 0.3) is 5.91 Å². The molecule has 1 aliphatic rings. The number of amides is 1. The van der Waals surface area contributed by atoms with Gasteiger partial charge in [0.15, 0.2) is 11.3 Å². The molecule has 1 heterocycles. The Labute approximate surface area is 51.4 Å². The third-order valence-electron chi connectivity index (χ3n) is 0.806. The standard InChI is InChI=1S/C3H5N3OS/c4-1-2(7)6-3(8)5-1/h1H,4H2,(H2,5,6,7,8). The van der Waals surface area contributed by atoms with Gasteiger partial charge in [0.05, 0.1) is 0 Å². The molecule has 0 aromatic heterocycles. The Morgan fingerprint density at radius 2 is 2.38 bits per heavy atom. The van der Waals surface area contributed by atoms with Crippen LogP contribution in [0, 0.1) is 0 Å². The number of hydrogen-bond donors (Lipinski definition) is 3. The summed E-state index contributed by atoms with van der Waals surface area (Å²) < 4.78 is 0. The fraction of sp³-hybridized carbons (Fsp3) is 0.333. The predicted octanol–water partition coefficient (Wildman–Crippen LogP) is -1.72. The van der Waals surface area contributed by atoms with Crippen LogP contribution < -0.4 is 16.4 Å². The fourth-order valence-corrected chi connectivity index (χ4v) is 0.660. The molecule has 0 spiro atoms. The second-order valence-corrected chi connectivity index (χ2v) is 1.85. The predicted molar refractivity (Wildman–Crippen MR) is 31.9 cm³/mol. The minimum atomic E-state index is -0.650. The van der Waals surface area contributed by atoms with Crippen LogP contribution in [0.3, 0.4) is 0 Å². The first-order chi connectivity index (χ1) is 3.70. The molecule has 1 atom stereocenters. The van der Waals surface area contributed by atoms with Gasteiger partial charge in [0.2, 0.25) is 0 Å². The lowest BCUT2D eigenvalue weighted by Gasteiger charge is -1.93. The van der Waals surface area contributed by atoms with Crippen molar-refractivity contribution in [1.29, 1.82) is 0 Å². The van der Waals surface area contributed by atoms with Gasteiger partial charge in [-0.3, -0.25) is 4.79 Å². The summed E-state index contributed by atoms with van der Waals surface area (Å²) in [6, 6.07) is 0. The van der Waals surface area contributed by atoms with E-state index in [9.17, 15) is 4.79 Å². The molecule has 0 bridgehead atoms. The minimum Gasteiger partial charge on any atom is -0.339 e. The van der Waals surface area contributed by atoms with Gasteiger partial charge < -0.3 is 16.4 Å². The summed E-state index contributed by atoms with van der Waals surface area (Å²) in [6.45, 7) is 0. The molecule has 1 fully saturated rings. The molecule has 1 rings (SSSR count). The maximum Gasteiger partial charge on any atom is 0.263 e. The highest BCUT2D eigenvalue weighted by Crippen LogP contribution is 1.82. The number of hydrogen-bond acceptors (Lipinski definition) is 3. The first kappa shape index (κ1) is 5.46. The monoisotopic (exact) mass is 131 g/mol. The summed E-state index contributed by atoms with van der Waals surface area (Å²) in [4.78, 5) is 10.4. The van der Waals surface area contributed by atoms with E-state index in [1.807, 2.05) is 0 Å². The zero-order valence-corrected chi connectivity index (χ0v) is 4.79. The Hall–Kier alpha value is -0.680. The highest BCUT2D eigenvalue weighted by atomic mass is 32.1. The molecular formula is C3H5N3OS. The second kappa shape index (κ2) is 1.68. The Kier molecular flexibility index (Phi) is 1.15. The second-order valence-electron chi connectivity index (χ2n) is 1.44. The van der Waals surface area contributed by atoms with Gasteiger partial charge in [-0.25, -0.2) is 0 Å². The highest BCUT2D eigenvalue weighted by Gasteiger charge is 2.21. The van der Waals surface area contributed by atoms with Gasteiger partial charge in [0.1, 0.15) is 0 Å². The SMILES string of the molecule is NC1NC(=S)NC1=O. The number of nitrogens with one attached hydrogen (secondary N) is 2. The Morgan fingerprint density at radius 1 is 1.75 bits per heavy atom. The van der Waals surface area contributed by atoms with E-state index >= 15 is 0 Å². The summed E-state index contributed by atoms with van der Waals surface area (Å²) in [5.74, 6) is -0.269. The van der Waals surface area contributed by atoms with E-state index in [1.165, 1.54) is 0 Å². The molecule has 1 amide bonds. The number of thiocarbonyl (C=S) groups is 1. The maximum absolute atomic E-state index is 10.4. The minimum absolute atomic E-state index is 0.269. The summed E-state index contributed by atoms with van der Waals surface area (Å²) >= 11 is 4.55. The van der Waals surface area contributed by atoms with E-state index in [-0.39, 0.29) is 5.91 Å². The van der Waals surface area contributed by atoms with Crippen LogP contribution in [0.15, 0.2) is 0 Å². The van der Waals surface area contributed by atoms with Crippen molar-refractivity contribution in [3.63, 3.8) is 0 Å². The molecule has 1 saturated heterocycles. The van der Waals surface area contributed by atoms with E-state index < -0.39 is 6.17 Å². The van der Waals surface area contributed by atoms with E-state index in [0.717, 1.165) is 0 Å². The summed E-state index contributed by atoms with van der Waals surface area (Å²) in [6.07, 6.45) is -0.650. The van der Waals surface area contributed by atoms with Crippen molar-refractivity contribution < 1.29 is 4.79 Å². The molecule has 0 radical (unpaired) electrons. The average Bonchev–Trinajstić information content (AvgIpc) is 1.85. The van der Waals surface area contributed by atoms with Crippen LogP contribution in [0.2, 0.25) is 0 Å². The molecule has 0 aromatic rings. The van der Waals surface area contributed by atoms with Gasteiger partial charge in [-0.15, -0.1) is 0 Å². The first-order valence-corrected chi connectivity index (χ1v) is 2.48. The van der Waals surface area contributed by atoms with Gasteiger partial charge in [-0.1, -0.05) is 0 Å². The van der Waals surface area contributed by atoms with Crippen LogP contribution in [0.1, 0.15) is 0 Å². The third-order valence-corrected chi connectivity index (χ3v) is 1.03. The normalized spacial score (nSPS) is 27.4. The van der Waals surface area contributed by atoms with Crippen molar-refractivity contribution in [3.05, 3.63) is 0 Å². The molecule has 0 aromatic carbocycles. The first-order valence-electron chi connectivity index (χ1n) is 2.07. The van der Waals surface area contributed by atoms with Crippen LogP contribution >= 0.6 is 12.2 Å². The number of rotatable bonds is 0. The maximum atomic E-state index is 10.4. The lowest BCUT2D eigenvalue weighted by molar-refractivity contribution is -0.119. The third kappa shape index (κ3) is 0.775. The summed E-state index contributed by atoms with van der Waals surface area (Å²) in [7, 11) is 0. The number of carbonyl (C=O) groups excluding carboxylic acids is 1. The van der Waals surface area contributed by atoms with Crippen molar-refractivity contribution in [1.82, 2.24) is 10.6 Å². The summed E-state index contributed by atoms with van der Waals surface area (Å²) in [5.41, 5.74) is 5.16. The number of carbonyl (C=O) groups is 1. The van der Waals surface area contributed by atoms with Gasteiger partial charge >= 0.3 is 0 Å². The van der Waals surface area contributed by atoms with E-state index in [0.29, 0.717) is 5.11 Å². The lowest BCUT2D eigenvalue weighted by atomic mass is 10.5. The molecule has 0 saturated carbocycles. The molecular weight excluding hydrogens is 126 g/mol. The van der Waals surface area contributed by atoms with Crippen molar-refractivity contribution >= 4 is 23.2 Å². The van der Waals surface area contributed by atoms with Crippen LogP contribution in [0.25, 0.3) is 0 Å². The van der Waals surface area contributed by atoms with Gasteiger partial charge in [0, 0.05) is 0 Å². The zero-order chi connectivity index (χ0) is 6.15. The van der Waals surface area contributed by atoms with E-state index in [4.69, 9.17) is 5.73 Å². The van der Waals surface area contributed by atoms with Gasteiger partial charge in [-0.2, -0.15) is 0 Å². The molecule has 1 aliphatic heterocycles. The zero-order valence-electron chi connectivity index (χ0n) is 3.97. The summed E-state index contributed by atoms with van der Waals surface area (Å²) in [5, 5.41) is 5.15. The van der Waals surface area contributed by atoms with Crippen molar-refractivity contribution in [3.8, 4) is 0 Å².